The Morgan fingerprint density at radius 2 is 2.00 bits per heavy atom. The molecule has 5 nitrogen and oxygen atoms in total. The SMILES string of the molecule is COc1ccc(OCCNCCCF)cc1C1c2[nH]c3ccccc3c2C[C@@H](C)N1CC1(F)CC1. The van der Waals surface area contributed by atoms with Crippen molar-refractivity contribution in [2.45, 2.75) is 50.4 Å². The van der Waals surface area contributed by atoms with Crippen molar-refractivity contribution in [2.75, 3.05) is 40.0 Å². The number of aromatic amines is 1. The van der Waals surface area contributed by atoms with Crippen molar-refractivity contribution in [3.05, 3.63) is 59.3 Å². The van der Waals surface area contributed by atoms with Crippen LogP contribution in [0.4, 0.5) is 8.78 Å². The third kappa shape index (κ3) is 5.02. The fourth-order valence-corrected chi connectivity index (χ4v) is 5.28. The molecule has 35 heavy (non-hydrogen) atoms. The summed E-state index contributed by atoms with van der Waals surface area (Å²) in [7, 11) is 1.68. The average molecular weight is 484 g/mol. The van der Waals surface area contributed by atoms with E-state index < -0.39 is 5.67 Å². The van der Waals surface area contributed by atoms with Gasteiger partial charge in [-0.3, -0.25) is 9.29 Å². The summed E-state index contributed by atoms with van der Waals surface area (Å²) in [5.41, 5.74) is 3.37. The molecule has 188 valence electrons. The summed E-state index contributed by atoms with van der Waals surface area (Å²) >= 11 is 0. The van der Waals surface area contributed by atoms with Crippen LogP contribution < -0.4 is 14.8 Å². The van der Waals surface area contributed by atoms with Gasteiger partial charge >= 0.3 is 0 Å². The fourth-order valence-electron chi connectivity index (χ4n) is 5.28. The van der Waals surface area contributed by atoms with Gasteiger partial charge in [0.15, 0.2) is 0 Å². The number of fused-ring (bicyclic) bond motifs is 3. The third-order valence-electron chi connectivity index (χ3n) is 7.31. The Morgan fingerprint density at radius 3 is 2.77 bits per heavy atom. The van der Waals surface area contributed by atoms with Gasteiger partial charge in [-0.25, -0.2) is 4.39 Å². The van der Waals surface area contributed by atoms with Crippen molar-refractivity contribution < 1.29 is 18.3 Å². The number of hydrogen-bond acceptors (Lipinski definition) is 4. The van der Waals surface area contributed by atoms with Crippen molar-refractivity contribution in [3.8, 4) is 11.5 Å². The predicted octanol–water partition coefficient (Wildman–Crippen LogP) is 5.34. The van der Waals surface area contributed by atoms with Crippen LogP contribution in [0, 0.1) is 0 Å². The summed E-state index contributed by atoms with van der Waals surface area (Å²) in [4.78, 5) is 5.96. The van der Waals surface area contributed by atoms with Crippen LogP contribution in [-0.2, 0) is 6.42 Å². The molecule has 0 amide bonds. The molecule has 2 heterocycles. The van der Waals surface area contributed by atoms with Crippen LogP contribution in [0.3, 0.4) is 0 Å². The zero-order chi connectivity index (χ0) is 24.4. The van der Waals surface area contributed by atoms with Gasteiger partial charge in [0.05, 0.1) is 19.8 Å². The second-order valence-electron chi connectivity index (χ2n) is 9.89. The molecule has 0 saturated heterocycles. The first-order valence-corrected chi connectivity index (χ1v) is 12.6. The molecule has 3 aromatic rings. The lowest BCUT2D eigenvalue weighted by molar-refractivity contribution is 0.0955. The molecule has 0 radical (unpaired) electrons. The summed E-state index contributed by atoms with van der Waals surface area (Å²) in [6.45, 7) is 4.04. The molecule has 1 saturated carbocycles. The van der Waals surface area contributed by atoms with Gasteiger partial charge in [-0.15, -0.1) is 0 Å². The molecule has 2 atom stereocenters. The Morgan fingerprint density at radius 1 is 1.17 bits per heavy atom. The summed E-state index contributed by atoms with van der Waals surface area (Å²) < 4.78 is 39.3. The number of rotatable bonds is 11. The monoisotopic (exact) mass is 483 g/mol. The lowest BCUT2D eigenvalue weighted by atomic mass is 9.87. The van der Waals surface area contributed by atoms with Crippen molar-refractivity contribution in [1.29, 1.82) is 0 Å². The molecule has 1 fully saturated rings. The number of alkyl halides is 2. The third-order valence-corrected chi connectivity index (χ3v) is 7.31. The first-order valence-electron chi connectivity index (χ1n) is 12.6. The standard InChI is InChI=1S/C28H35F2N3O2/c1-19-16-22-21-6-3-4-7-24(21)32-26(22)27(33(19)18-28(30)10-11-28)23-17-20(8-9-25(23)34-2)35-15-14-31-13-5-12-29/h3-4,6-9,17,19,27,31-32H,5,10-16,18H2,1-2H3/t19-,27?/m1/s1. The maximum atomic E-state index is 15.1. The van der Waals surface area contributed by atoms with Gasteiger partial charge in [0.1, 0.15) is 23.8 Å². The molecular formula is C28H35F2N3O2. The van der Waals surface area contributed by atoms with E-state index in [0.29, 0.717) is 45.5 Å². The number of nitrogens with zero attached hydrogens (tertiary/aromatic N) is 1. The normalized spacial score (nSPS) is 21.1. The minimum absolute atomic E-state index is 0.171. The quantitative estimate of drug-likeness (QED) is 0.362. The highest BCUT2D eigenvalue weighted by molar-refractivity contribution is 5.85. The number of aromatic nitrogens is 1. The molecule has 1 aliphatic carbocycles. The van der Waals surface area contributed by atoms with E-state index in [0.717, 1.165) is 34.7 Å². The Balaban J connectivity index is 1.50. The van der Waals surface area contributed by atoms with E-state index >= 15 is 4.39 Å². The molecule has 1 unspecified atom stereocenters. The number of halogens is 2. The zero-order valence-electron chi connectivity index (χ0n) is 20.6. The van der Waals surface area contributed by atoms with Crippen LogP contribution >= 0.6 is 0 Å². The number of methoxy groups -OCH3 is 1. The van der Waals surface area contributed by atoms with Crippen molar-refractivity contribution in [1.82, 2.24) is 15.2 Å². The minimum atomic E-state index is -1.11. The first-order chi connectivity index (χ1) is 17.0. The van der Waals surface area contributed by atoms with Crippen LogP contribution in [-0.4, -0.2) is 61.6 Å². The molecule has 1 aromatic heterocycles. The largest absolute Gasteiger partial charge is 0.496 e. The van der Waals surface area contributed by atoms with E-state index in [2.05, 4.69) is 40.3 Å². The number of hydrogen-bond donors (Lipinski definition) is 2. The minimum Gasteiger partial charge on any atom is -0.496 e. The number of nitrogens with one attached hydrogen (secondary N) is 2. The van der Waals surface area contributed by atoms with Gasteiger partial charge < -0.3 is 19.8 Å². The van der Waals surface area contributed by atoms with Crippen LogP contribution in [0.25, 0.3) is 10.9 Å². The lowest BCUT2D eigenvalue weighted by Gasteiger charge is -2.42. The average Bonchev–Trinajstić information content (AvgIpc) is 3.48. The van der Waals surface area contributed by atoms with E-state index in [9.17, 15) is 4.39 Å². The van der Waals surface area contributed by atoms with Crippen molar-refractivity contribution in [3.63, 3.8) is 0 Å². The Hall–Kier alpha value is -2.64. The van der Waals surface area contributed by atoms with Gasteiger partial charge in [0.2, 0.25) is 0 Å². The maximum absolute atomic E-state index is 15.1. The summed E-state index contributed by atoms with van der Waals surface area (Å²) in [6, 6.07) is 14.2. The summed E-state index contributed by atoms with van der Waals surface area (Å²) in [5, 5.41) is 4.41. The Labute approximate surface area is 205 Å². The highest BCUT2D eigenvalue weighted by atomic mass is 19.1. The zero-order valence-corrected chi connectivity index (χ0v) is 20.6. The second-order valence-corrected chi connectivity index (χ2v) is 9.89. The second kappa shape index (κ2) is 10.2. The molecule has 2 aromatic carbocycles. The van der Waals surface area contributed by atoms with Crippen molar-refractivity contribution in [2.24, 2.45) is 0 Å². The van der Waals surface area contributed by atoms with Gasteiger partial charge in [0, 0.05) is 41.3 Å². The summed E-state index contributed by atoms with van der Waals surface area (Å²) in [5.74, 6) is 1.50. The number of benzene rings is 2. The van der Waals surface area contributed by atoms with E-state index in [1.54, 1.807) is 7.11 Å². The van der Waals surface area contributed by atoms with Crippen molar-refractivity contribution >= 4 is 10.9 Å². The molecular weight excluding hydrogens is 448 g/mol. The van der Waals surface area contributed by atoms with E-state index in [4.69, 9.17) is 9.47 Å². The predicted molar refractivity (Wildman–Crippen MR) is 135 cm³/mol. The van der Waals surface area contributed by atoms with E-state index in [1.807, 2.05) is 24.3 Å². The van der Waals surface area contributed by atoms with Crippen LogP contribution in [0.1, 0.15) is 49.0 Å². The lowest BCUT2D eigenvalue weighted by Crippen LogP contribution is -2.46. The topological polar surface area (TPSA) is 49.5 Å². The van der Waals surface area contributed by atoms with Crippen LogP contribution in [0.15, 0.2) is 42.5 Å². The van der Waals surface area contributed by atoms with Gasteiger partial charge in [-0.05, 0) is 69.0 Å². The molecule has 0 spiro atoms. The Bertz CT molecular complexity index is 1160. The molecule has 2 N–H and O–H groups in total. The number of para-hydroxylation sites is 1. The molecule has 5 rings (SSSR count). The van der Waals surface area contributed by atoms with Gasteiger partial charge in [-0.1, -0.05) is 18.2 Å². The highest BCUT2D eigenvalue weighted by Gasteiger charge is 2.48. The molecule has 7 heteroatoms. The van der Waals surface area contributed by atoms with E-state index in [-0.39, 0.29) is 18.8 Å². The fraction of sp³-hybridized carbons (Fsp3) is 0.500. The molecule has 1 aliphatic heterocycles. The van der Waals surface area contributed by atoms with Gasteiger partial charge in [0.25, 0.3) is 0 Å². The first kappa shape index (κ1) is 24.1. The Kier molecular flexibility index (Phi) is 6.98. The van der Waals surface area contributed by atoms with Crippen LogP contribution in [0.2, 0.25) is 0 Å². The number of H-pyrrole nitrogens is 1. The van der Waals surface area contributed by atoms with E-state index in [1.165, 1.54) is 10.9 Å². The van der Waals surface area contributed by atoms with Crippen LogP contribution in [0.5, 0.6) is 11.5 Å². The smallest absolute Gasteiger partial charge is 0.124 e. The summed E-state index contributed by atoms with van der Waals surface area (Å²) in [6.07, 6.45) is 2.62. The highest BCUT2D eigenvalue weighted by Crippen LogP contribution is 2.48. The molecule has 0 bridgehead atoms. The van der Waals surface area contributed by atoms with Gasteiger partial charge in [-0.2, -0.15) is 0 Å². The maximum Gasteiger partial charge on any atom is 0.124 e. The molecule has 2 aliphatic rings. The number of ether oxygens (including phenoxy) is 2.